The summed E-state index contributed by atoms with van der Waals surface area (Å²) in [6, 6.07) is 18.0. The molecule has 0 radical (unpaired) electrons. The van der Waals surface area contributed by atoms with E-state index in [-0.39, 0.29) is 17.5 Å². The second-order valence-electron chi connectivity index (χ2n) is 6.16. The van der Waals surface area contributed by atoms with Crippen molar-refractivity contribution in [2.24, 2.45) is 0 Å². The van der Waals surface area contributed by atoms with Crippen LogP contribution in [0.4, 0.5) is 11.4 Å². The van der Waals surface area contributed by atoms with Crippen molar-refractivity contribution in [3.63, 3.8) is 0 Å². The van der Waals surface area contributed by atoms with Gasteiger partial charge in [0.05, 0.1) is 23.3 Å². The van der Waals surface area contributed by atoms with Crippen LogP contribution in [0, 0.1) is 10.1 Å². The zero-order valence-electron chi connectivity index (χ0n) is 15.3. The molecule has 1 amide bonds. The molecule has 4 aromatic rings. The number of oxazole rings is 1. The van der Waals surface area contributed by atoms with E-state index in [9.17, 15) is 14.9 Å². The number of para-hydroxylation sites is 1. The van der Waals surface area contributed by atoms with E-state index in [1.807, 2.05) is 0 Å². The van der Waals surface area contributed by atoms with Crippen LogP contribution in [0.15, 0.2) is 71.1 Å². The van der Waals surface area contributed by atoms with E-state index in [2.05, 4.69) is 10.3 Å². The number of nitro benzene ring substituents is 1. The van der Waals surface area contributed by atoms with Crippen LogP contribution >= 0.6 is 0 Å². The number of amides is 1. The van der Waals surface area contributed by atoms with Gasteiger partial charge in [-0.25, -0.2) is 4.98 Å². The third kappa shape index (κ3) is 3.63. The number of nitrogens with one attached hydrogen (secondary N) is 1. The predicted octanol–water partition coefficient (Wildman–Crippen LogP) is 4.66. The Morgan fingerprint density at radius 3 is 2.59 bits per heavy atom. The number of carbonyl (C=O) groups is 1. The first-order valence-electron chi connectivity index (χ1n) is 8.65. The van der Waals surface area contributed by atoms with E-state index in [1.165, 1.54) is 18.2 Å². The van der Waals surface area contributed by atoms with E-state index in [0.29, 0.717) is 33.7 Å². The van der Waals surface area contributed by atoms with E-state index in [4.69, 9.17) is 9.15 Å². The minimum atomic E-state index is -0.489. The molecule has 29 heavy (non-hydrogen) atoms. The van der Waals surface area contributed by atoms with Crippen LogP contribution in [-0.4, -0.2) is 22.9 Å². The molecule has 4 rings (SSSR count). The summed E-state index contributed by atoms with van der Waals surface area (Å²) in [6.07, 6.45) is 0. The average Bonchev–Trinajstić information content (AvgIpc) is 3.17. The summed E-state index contributed by atoms with van der Waals surface area (Å²) < 4.78 is 10.8. The van der Waals surface area contributed by atoms with Crippen LogP contribution in [0.5, 0.6) is 5.75 Å². The maximum absolute atomic E-state index is 12.6. The van der Waals surface area contributed by atoms with E-state index in [0.717, 1.165) is 0 Å². The zero-order chi connectivity index (χ0) is 20.4. The van der Waals surface area contributed by atoms with Crippen LogP contribution in [0.2, 0.25) is 0 Å². The molecule has 0 saturated carbocycles. The number of rotatable bonds is 5. The molecule has 0 saturated heterocycles. The molecule has 0 unspecified atom stereocenters. The van der Waals surface area contributed by atoms with Crippen molar-refractivity contribution in [3.8, 4) is 17.2 Å². The number of benzene rings is 3. The van der Waals surface area contributed by atoms with E-state index < -0.39 is 4.92 Å². The van der Waals surface area contributed by atoms with Crippen molar-refractivity contribution in [1.29, 1.82) is 0 Å². The summed E-state index contributed by atoms with van der Waals surface area (Å²) in [5, 5.41) is 13.8. The highest BCUT2D eigenvalue weighted by atomic mass is 16.6. The first-order chi connectivity index (χ1) is 14.0. The monoisotopic (exact) mass is 389 g/mol. The lowest BCUT2D eigenvalue weighted by Crippen LogP contribution is -2.12. The number of hydrogen-bond acceptors (Lipinski definition) is 6. The quantitative estimate of drug-likeness (QED) is 0.393. The number of non-ortho nitro benzene ring substituents is 1. The molecule has 0 atom stereocenters. The molecule has 1 heterocycles. The molecule has 3 aromatic carbocycles. The molecule has 1 aromatic heterocycles. The van der Waals surface area contributed by atoms with E-state index in [1.54, 1.807) is 55.6 Å². The highest BCUT2D eigenvalue weighted by Gasteiger charge is 2.16. The van der Waals surface area contributed by atoms with Crippen molar-refractivity contribution in [2.45, 2.75) is 0 Å². The fourth-order valence-electron chi connectivity index (χ4n) is 2.86. The van der Waals surface area contributed by atoms with Crippen LogP contribution in [0.3, 0.4) is 0 Å². The maximum atomic E-state index is 12.6. The SMILES string of the molecule is COc1ccc(C(=O)Nc2ccccc2-c2nc3cc([N+](=O)[O-])ccc3o2)cc1. The topological polar surface area (TPSA) is 108 Å². The van der Waals surface area contributed by atoms with Gasteiger partial charge in [-0.1, -0.05) is 12.1 Å². The third-order valence-corrected chi connectivity index (χ3v) is 4.34. The van der Waals surface area contributed by atoms with Gasteiger partial charge >= 0.3 is 0 Å². The molecule has 0 bridgehead atoms. The molecule has 0 aliphatic rings. The summed E-state index contributed by atoms with van der Waals surface area (Å²) in [7, 11) is 1.56. The van der Waals surface area contributed by atoms with Gasteiger partial charge in [0.15, 0.2) is 5.58 Å². The normalized spacial score (nSPS) is 10.7. The van der Waals surface area contributed by atoms with Crippen LogP contribution in [0.1, 0.15) is 10.4 Å². The van der Waals surface area contributed by atoms with Gasteiger partial charge in [-0.2, -0.15) is 0 Å². The standard InChI is InChI=1S/C21H15N3O5/c1-28-15-9-6-13(7-10-15)20(25)22-17-5-3-2-4-16(17)21-23-18-12-14(24(26)27)8-11-19(18)29-21/h2-12H,1H3,(H,22,25). The molecule has 0 fully saturated rings. The summed E-state index contributed by atoms with van der Waals surface area (Å²) >= 11 is 0. The second kappa shape index (κ2) is 7.43. The Balaban J connectivity index is 1.66. The third-order valence-electron chi connectivity index (χ3n) is 4.34. The Morgan fingerprint density at radius 2 is 1.86 bits per heavy atom. The summed E-state index contributed by atoms with van der Waals surface area (Å²) in [5.41, 5.74) is 2.25. The van der Waals surface area contributed by atoms with Gasteiger partial charge in [-0.05, 0) is 42.5 Å². The Kier molecular flexibility index (Phi) is 4.66. The number of ether oxygens (including phenoxy) is 1. The first-order valence-corrected chi connectivity index (χ1v) is 8.65. The van der Waals surface area contributed by atoms with Crippen LogP contribution < -0.4 is 10.1 Å². The second-order valence-corrected chi connectivity index (χ2v) is 6.16. The number of fused-ring (bicyclic) bond motifs is 1. The van der Waals surface area contributed by atoms with Gasteiger partial charge < -0.3 is 14.5 Å². The number of aromatic nitrogens is 1. The van der Waals surface area contributed by atoms with Crippen molar-refractivity contribution in [2.75, 3.05) is 12.4 Å². The summed E-state index contributed by atoms with van der Waals surface area (Å²) in [5.74, 6) is 0.612. The largest absolute Gasteiger partial charge is 0.497 e. The van der Waals surface area contributed by atoms with Gasteiger partial charge in [0, 0.05) is 17.7 Å². The van der Waals surface area contributed by atoms with Crippen molar-refractivity contribution in [1.82, 2.24) is 4.98 Å². The predicted molar refractivity (Wildman–Crippen MR) is 107 cm³/mol. The lowest BCUT2D eigenvalue weighted by atomic mass is 10.1. The van der Waals surface area contributed by atoms with Crippen LogP contribution in [-0.2, 0) is 0 Å². The van der Waals surface area contributed by atoms with Crippen LogP contribution in [0.25, 0.3) is 22.6 Å². The Bertz CT molecular complexity index is 1210. The Morgan fingerprint density at radius 1 is 1.10 bits per heavy atom. The summed E-state index contributed by atoms with van der Waals surface area (Å²) in [6.45, 7) is 0. The molecule has 0 aliphatic heterocycles. The number of methoxy groups -OCH3 is 1. The molecule has 8 nitrogen and oxygen atoms in total. The molecule has 1 N–H and O–H groups in total. The van der Waals surface area contributed by atoms with Gasteiger partial charge in [-0.3, -0.25) is 14.9 Å². The summed E-state index contributed by atoms with van der Waals surface area (Å²) in [4.78, 5) is 27.4. The molecule has 8 heteroatoms. The van der Waals surface area contributed by atoms with Crippen molar-refractivity contribution in [3.05, 3.63) is 82.4 Å². The van der Waals surface area contributed by atoms with Gasteiger partial charge in [-0.15, -0.1) is 0 Å². The Hall–Kier alpha value is -4.20. The minimum Gasteiger partial charge on any atom is -0.497 e. The van der Waals surface area contributed by atoms with E-state index >= 15 is 0 Å². The smallest absolute Gasteiger partial charge is 0.271 e. The lowest BCUT2D eigenvalue weighted by molar-refractivity contribution is -0.384. The highest BCUT2D eigenvalue weighted by Crippen LogP contribution is 2.31. The number of nitro groups is 1. The molecular formula is C21H15N3O5. The van der Waals surface area contributed by atoms with Gasteiger partial charge in [0.1, 0.15) is 11.3 Å². The van der Waals surface area contributed by atoms with Crippen molar-refractivity contribution < 1.29 is 18.9 Å². The number of anilines is 1. The fourth-order valence-corrected chi connectivity index (χ4v) is 2.86. The maximum Gasteiger partial charge on any atom is 0.271 e. The number of nitrogens with zero attached hydrogens (tertiary/aromatic N) is 2. The van der Waals surface area contributed by atoms with Crippen molar-refractivity contribution >= 4 is 28.4 Å². The lowest BCUT2D eigenvalue weighted by Gasteiger charge is -2.09. The molecule has 0 aliphatic carbocycles. The van der Waals surface area contributed by atoms with Gasteiger partial charge in [0.2, 0.25) is 5.89 Å². The highest BCUT2D eigenvalue weighted by molar-refractivity contribution is 6.06. The zero-order valence-corrected chi connectivity index (χ0v) is 15.3. The molecular weight excluding hydrogens is 374 g/mol. The van der Waals surface area contributed by atoms with Gasteiger partial charge in [0.25, 0.3) is 11.6 Å². The number of carbonyl (C=O) groups excluding carboxylic acids is 1. The Labute approximate surface area is 164 Å². The molecule has 144 valence electrons. The fraction of sp³-hybridized carbons (Fsp3) is 0.0476. The minimum absolute atomic E-state index is 0.0709. The first kappa shape index (κ1) is 18.2. The average molecular weight is 389 g/mol. The number of hydrogen-bond donors (Lipinski definition) is 1. The molecule has 0 spiro atoms.